The fourth-order valence-corrected chi connectivity index (χ4v) is 2.92. The van der Waals surface area contributed by atoms with Gasteiger partial charge in [0.15, 0.2) is 0 Å². The third-order valence-corrected chi connectivity index (χ3v) is 4.21. The van der Waals surface area contributed by atoms with Crippen molar-refractivity contribution in [1.82, 2.24) is 4.90 Å². The molecule has 1 heterocycles. The summed E-state index contributed by atoms with van der Waals surface area (Å²) < 4.78 is 11.2. The van der Waals surface area contributed by atoms with Gasteiger partial charge in [0.25, 0.3) is 0 Å². The van der Waals surface area contributed by atoms with E-state index in [0.29, 0.717) is 13.2 Å². The van der Waals surface area contributed by atoms with Crippen LogP contribution >= 0.6 is 0 Å². The summed E-state index contributed by atoms with van der Waals surface area (Å²) in [6.45, 7) is 10.1. The van der Waals surface area contributed by atoms with E-state index in [0.717, 1.165) is 19.3 Å². The molecule has 2 rings (SSSR count). The predicted molar refractivity (Wildman–Crippen MR) is 106 cm³/mol. The van der Waals surface area contributed by atoms with Crippen LogP contribution in [0.1, 0.15) is 53.0 Å². The van der Waals surface area contributed by atoms with E-state index in [1.165, 1.54) is 5.56 Å². The van der Waals surface area contributed by atoms with Crippen LogP contribution < -0.4 is 0 Å². The van der Waals surface area contributed by atoms with E-state index in [-0.39, 0.29) is 6.04 Å². The van der Waals surface area contributed by atoms with Crippen molar-refractivity contribution < 1.29 is 19.1 Å². The first-order valence-electron chi connectivity index (χ1n) is 9.55. The van der Waals surface area contributed by atoms with Crippen LogP contribution in [0.2, 0.25) is 0 Å². The van der Waals surface area contributed by atoms with Gasteiger partial charge in [-0.25, -0.2) is 4.79 Å². The molecule has 1 aliphatic heterocycles. The molecule has 1 atom stereocenters. The molecule has 0 aliphatic carbocycles. The van der Waals surface area contributed by atoms with Gasteiger partial charge >= 0.3 is 6.09 Å². The van der Waals surface area contributed by atoms with E-state index < -0.39 is 17.4 Å². The zero-order chi connectivity index (χ0) is 19.9. The largest absolute Gasteiger partial charge is 0.444 e. The normalized spacial score (nSPS) is 19.4. The summed E-state index contributed by atoms with van der Waals surface area (Å²) in [5.41, 5.74) is 0.0286. The second kappa shape index (κ2) is 9.22. The summed E-state index contributed by atoms with van der Waals surface area (Å²) in [6.07, 6.45) is 4.21. The molecule has 27 heavy (non-hydrogen) atoms. The monoisotopic (exact) mass is 376 g/mol. The second-order valence-corrected chi connectivity index (χ2v) is 8.21. The Hall–Kier alpha value is -2.08. The van der Waals surface area contributed by atoms with Gasteiger partial charge in [0.2, 0.25) is 0 Å². The Bertz CT molecular complexity index is 623. The van der Waals surface area contributed by atoms with E-state index in [1.54, 1.807) is 11.1 Å². The molecule has 1 fully saturated rings. The minimum atomic E-state index is -0.741. The number of hydrogen-bond donors (Lipinski definition) is 0. The molecule has 1 unspecified atom stereocenters. The lowest BCUT2D eigenvalue weighted by Crippen LogP contribution is -2.50. The molecule has 6 nitrogen and oxygen atoms in total. The van der Waals surface area contributed by atoms with Crippen LogP contribution in [0.15, 0.2) is 35.5 Å². The zero-order valence-electron chi connectivity index (χ0n) is 17.1. The van der Waals surface area contributed by atoms with Gasteiger partial charge in [-0.2, -0.15) is 0 Å². The minimum absolute atomic E-state index is 0.306. The molecule has 150 valence electrons. The van der Waals surface area contributed by atoms with Crippen LogP contribution in [0, 0.1) is 0 Å². The van der Waals surface area contributed by atoms with Crippen molar-refractivity contribution in [2.24, 2.45) is 5.16 Å². The Morgan fingerprint density at radius 1 is 1.30 bits per heavy atom. The van der Waals surface area contributed by atoms with Crippen LogP contribution in [0.3, 0.4) is 0 Å². The molecular weight excluding hydrogens is 344 g/mol. The number of hydrogen-bond acceptors (Lipinski definition) is 5. The number of ether oxygens (including phenoxy) is 2. The molecule has 1 aromatic carbocycles. The summed E-state index contributed by atoms with van der Waals surface area (Å²) in [7, 11) is 0. The van der Waals surface area contributed by atoms with Crippen molar-refractivity contribution in [1.29, 1.82) is 0 Å². The second-order valence-electron chi connectivity index (χ2n) is 8.21. The molecule has 1 saturated heterocycles. The van der Waals surface area contributed by atoms with Crippen LogP contribution in [-0.2, 0) is 20.7 Å². The third kappa shape index (κ3) is 6.86. The third-order valence-electron chi connectivity index (χ3n) is 4.21. The molecule has 1 aromatic rings. The zero-order valence-corrected chi connectivity index (χ0v) is 17.1. The molecule has 0 N–H and O–H groups in total. The van der Waals surface area contributed by atoms with Crippen molar-refractivity contribution in [3.05, 3.63) is 35.9 Å². The minimum Gasteiger partial charge on any atom is -0.444 e. The average Bonchev–Trinajstić information content (AvgIpc) is 2.88. The quantitative estimate of drug-likeness (QED) is 0.402. The van der Waals surface area contributed by atoms with Crippen LogP contribution in [0.25, 0.3) is 0 Å². The van der Waals surface area contributed by atoms with Gasteiger partial charge in [0.1, 0.15) is 24.0 Å². The van der Waals surface area contributed by atoms with Crippen LogP contribution in [0.5, 0.6) is 0 Å². The Morgan fingerprint density at radius 3 is 2.67 bits per heavy atom. The number of rotatable bonds is 7. The summed E-state index contributed by atoms with van der Waals surface area (Å²) in [5, 5.41) is 4.04. The van der Waals surface area contributed by atoms with E-state index in [1.807, 2.05) is 40.7 Å². The molecule has 0 bridgehead atoms. The molecule has 6 heteroatoms. The number of carbonyl (C=O) groups excluding carboxylic acids is 1. The van der Waals surface area contributed by atoms with E-state index >= 15 is 0 Å². The number of benzene rings is 1. The fraction of sp³-hybridized carbons (Fsp3) is 0.619. The highest BCUT2D eigenvalue weighted by atomic mass is 16.6. The molecule has 0 saturated carbocycles. The van der Waals surface area contributed by atoms with Gasteiger partial charge in [-0.1, -0.05) is 35.5 Å². The number of aryl methyl sites for hydroxylation is 1. The Morgan fingerprint density at radius 2 is 2.00 bits per heavy atom. The van der Waals surface area contributed by atoms with Crippen LogP contribution in [0.4, 0.5) is 4.79 Å². The Kier molecular flexibility index (Phi) is 7.25. The van der Waals surface area contributed by atoms with Crippen LogP contribution in [-0.4, -0.2) is 47.8 Å². The summed E-state index contributed by atoms with van der Waals surface area (Å²) in [5.74, 6) is 0. The smallest absolute Gasteiger partial charge is 0.413 e. The Labute approximate surface area is 162 Å². The van der Waals surface area contributed by atoms with E-state index in [2.05, 4.69) is 29.4 Å². The maximum atomic E-state index is 12.5. The summed E-state index contributed by atoms with van der Waals surface area (Å²) in [6, 6.07) is 10.1. The fourth-order valence-electron chi connectivity index (χ4n) is 2.92. The standard InChI is InChI=1S/C21H32N2O4/c1-20(2,3)27-19(24)23-18(16-25-21(23,4)5)15-22-26-14-10-9-13-17-11-7-6-8-12-17/h6-8,11-12,15,18H,9-10,13-14,16H2,1-5H3/b22-15+. The topological polar surface area (TPSA) is 60.4 Å². The van der Waals surface area contributed by atoms with E-state index in [4.69, 9.17) is 14.3 Å². The van der Waals surface area contributed by atoms with Crippen molar-refractivity contribution in [2.75, 3.05) is 13.2 Å². The van der Waals surface area contributed by atoms with E-state index in [9.17, 15) is 4.79 Å². The summed E-state index contributed by atoms with van der Waals surface area (Å²) >= 11 is 0. The number of carbonyl (C=O) groups is 1. The lowest BCUT2D eigenvalue weighted by atomic mass is 10.1. The van der Waals surface area contributed by atoms with Gasteiger partial charge in [-0.05, 0) is 59.4 Å². The molecule has 0 aromatic heterocycles. The maximum absolute atomic E-state index is 12.5. The lowest BCUT2D eigenvalue weighted by Gasteiger charge is -2.33. The number of unbranched alkanes of at least 4 members (excludes halogenated alkanes) is 1. The van der Waals surface area contributed by atoms with Gasteiger partial charge in [-0.3, -0.25) is 4.90 Å². The number of amides is 1. The molecular formula is C21H32N2O4. The van der Waals surface area contributed by atoms with Gasteiger partial charge < -0.3 is 14.3 Å². The van der Waals surface area contributed by atoms with Gasteiger partial charge in [0.05, 0.1) is 12.8 Å². The van der Waals surface area contributed by atoms with Crippen molar-refractivity contribution in [3.63, 3.8) is 0 Å². The van der Waals surface area contributed by atoms with Crippen molar-refractivity contribution >= 4 is 12.3 Å². The summed E-state index contributed by atoms with van der Waals surface area (Å²) in [4.78, 5) is 19.5. The SMILES string of the molecule is CC(C)(C)OC(=O)N1C(/C=N/OCCCCc2ccccc2)COC1(C)C. The van der Waals surface area contributed by atoms with Crippen molar-refractivity contribution in [2.45, 2.75) is 71.2 Å². The average molecular weight is 376 g/mol. The number of oxime groups is 1. The molecule has 0 radical (unpaired) electrons. The van der Waals surface area contributed by atoms with Crippen molar-refractivity contribution in [3.8, 4) is 0 Å². The van der Waals surface area contributed by atoms with Gasteiger partial charge in [-0.15, -0.1) is 0 Å². The maximum Gasteiger partial charge on any atom is 0.413 e. The first kappa shape index (κ1) is 21.2. The highest BCUT2D eigenvalue weighted by Crippen LogP contribution is 2.28. The Balaban J connectivity index is 1.76. The predicted octanol–water partition coefficient (Wildman–Crippen LogP) is 4.38. The molecule has 1 aliphatic rings. The lowest BCUT2D eigenvalue weighted by molar-refractivity contribution is -0.0604. The first-order chi connectivity index (χ1) is 12.7. The van der Waals surface area contributed by atoms with Gasteiger partial charge in [0, 0.05) is 0 Å². The molecule has 1 amide bonds. The molecule has 0 spiro atoms. The first-order valence-corrected chi connectivity index (χ1v) is 9.55. The highest BCUT2D eigenvalue weighted by molar-refractivity contribution is 5.77. The number of nitrogens with zero attached hydrogens (tertiary/aromatic N) is 2. The highest BCUT2D eigenvalue weighted by Gasteiger charge is 2.45.